The van der Waals surface area contributed by atoms with E-state index in [-0.39, 0.29) is 24.0 Å². The number of halogens is 1. The number of ether oxygens (including phenoxy) is 1. The van der Waals surface area contributed by atoms with Gasteiger partial charge in [-0.3, -0.25) is 4.99 Å². The topological polar surface area (TPSA) is 36.9 Å². The fourth-order valence-corrected chi connectivity index (χ4v) is 3.25. The number of nitrogens with zero attached hydrogens (tertiary/aromatic N) is 2. The molecule has 0 spiro atoms. The van der Waals surface area contributed by atoms with E-state index in [1.165, 1.54) is 11.3 Å². The van der Waals surface area contributed by atoms with Gasteiger partial charge in [0.25, 0.3) is 0 Å². The average molecular weight is 423 g/mol. The van der Waals surface area contributed by atoms with E-state index < -0.39 is 0 Å². The molecule has 1 fully saturated rings. The van der Waals surface area contributed by atoms with E-state index in [2.05, 4.69) is 34.7 Å². The maximum Gasteiger partial charge on any atom is 0.193 e. The molecule has 2 rings (SSSR count). The lowest BCUT2D eigenvalue weighted by Gasteiger charge is -2.21. The van der Waals surface area contributed by atoms with Crippen molar-refractivity contribution < 1.29 is 4.74 Å². The van der Waals surface area contributed by atoms with Gasteiger partial charge in [-0.2, -0.15) is 0 Å². The molecule has 6 heteroatoms. The van der Waals surface area contributed by atoms with Crippen molar-refractivity contribution >= 4 is 41.3 Å². The summed E-state index contributed by atoms with van der Waals surface area (Å²) in [4.78, 5) is 8.53. The first kappa shape index (κ1) is 18.7. The Kier molecular flexibility index (Phi) is 9.26. The molecule has 0 aliphatic carbocycles. The number of hydrogen-bond acceptors (Lipinski definition) is 3. The van der Waals surface area contributed by atoms with Crippen LogP contribution in [0.5, 0.6) is 0 Å². The highest BCUT2D eigenvalue weighted by Crippen LogP contribution is 2.16. The molecule has 0 radical (unpaired) electrons. The number of thiophene rings is 1. The molecule has 1 aromatic rings. The Hall–Kier alpha value is -0.340. The molecule has 0 saturated carbocycles. The summed E-state index contributed by atoms with van der Waals surface area (Å²) in [5.74, 6) is 1.70. The second kappa shape index (κ2) is 10.4. The summed E-state index contributed by atoms with van der Waals surface area (Å²) in [6.45, 7) is 6.89. The van der Waals surface area contributed by atoms with Gasteiger partial charge in [0.1, 0.15) is 0 Å². The smallest absolute Gasteiger partial charge is 0.193 e. The standard InChI is InChI=1S/C15H25N3OS.HI/c1-3-16-15(17-8-6-14-5-4-10-20-14)18-9-7-13(11-18)12-19-2;/h4-5,10,13H,3,6-9,11-12H2,1-2H3,(H,16,17);1H. The highest BCUT2D eigenvalue weighted by Gasteiger charge is 2.24. The van der Waals surface area contributed by atoms with E-state index in [0.29, 0.717) is 5.92 Å². The second-order valence-corrected chi connectivity index (χ2v) is 6.15. The van der Waals surface area contributed by atoms with E-state index in [1.807, 2.05) is 11.3 Å². The summed E-state index contributed by atoms with van der Waals surface area (Å²) in [6.07, 6.45) is 2.23. The Morgan fingerprint density at radius 1 is 1.57 bits per heavy atom. The van der Waals surface area contributed by atoms with Gasteiger partial charge >= 0.3 is 0 Å². The molecule has 21 heavy (non-hydrogen) atoms. The zero-order valence-corrected chi connectivity index (χ0v) is 16.0. The molecule has 0 amide bonds. The van der Waals surface area contributed by atoms with Crippen LogP contribution in [0.15, 0.2) is 22.5 Å². The molecular formula is C15H26IN3OS. The van der Waals surface area contributed by atoms with Crippen molar-refractivity contribution in [2.24, 2.45) is 10.9 Å². The maximum atomic E-state index is 5.26. The molecule has 1 saturated heterocycles. The number of methoxy groups -OCH3 is 1. The van der Waals surface area contributed by atoms with Crippen LogP contribution < -0.4 is 5.32 Å². The van der Waals surface area contributed by atoms with Crippen molar-refractivity contribution in [1.29, 1.82) is 0 Å². The Balaban J connectivity index is 0.00000220. The Labute approximate surface area is 149 Å². The van der Waals surface area contributed by atoms with Crippen LogP contribution in [0.4, 0.5) is 0 Å². The van der Waals surface area contributed by atoms with Gasteiger partial charge in [-0.1, -0.05) is 6.07 Å². The lowest BCUT2D eigenvalue weighted by Crippen LogP contribution is -2.40. The first-order valence-corrected chi connectivity index (χ1v) is 8.26. The largest absolute Gasteiger partial charge is 0.384 e. The molecule has 4 nitrogen and oxygen atoms in total. The van der Waals surface area contributed by atoms with Gasteiger partial charge < -0.3 is 15.0 Å². The van der Waals surface area contributed by atoms with Gasteiger partial charge in [-0.05, 0) is 24.8 Å². The van der Waals surface area contributed by atoms with Crippen LogP contribution in [0, 0.1) is 5.92 Å². The van der Waals surface area contributed by atoms with Gasteiger partial charge in [0.05, 0.1) is 6.61 Å². The number of guanidine groups is 1. The zero-order valence-electron chi connectivity index (χ0n) is 12.9. The average Bonchev–Trinajstić information content (AvgIpc) is 3.09. The third kappa shape index (κ3) is 6.12. The summed E-state index contributed by atoms with van der Waals surface area (Å²) < 4.78 is 5.26. The van der Waals surface area contributed by atoms with E-state index in [4.69, 9.17) is 9.73 Å². The van der Waals surface area contributed by atoms with Crippen molar-refractivity contribution in [3.8, 4) is 0 Å². The molecule has 2 heterocycles. The van der Waals surface area contributed by atoms with Crippen LogP contribution in [0.2, 0.25) is 0 Å². The molecule has 0 bridgehead atoms. The van der Waals surface area contributed by atoms with Crippen LogP contribution in [0.1, 0.15) is 18.2 Å². The van der Waals surface area contributed by atoms with Gasteiger partial charge in [0.2, 0.25) is 0 Å². The van der Waals surface area contributed by atoms with Gasteiger partial charge in [-0.15, -0.1) is 35.3 Å². The molecule has 1 unspecified atom stereocenters. The third-order valence-corrected chi connectivity index (χ3v) is 4.46. The fraction of sp³-hybridized carbons (Fsp3) is 0.667. The lowest BCUT2D eigenvalue weighted by molar-refractivity contribution is 0.157. The number of aliphatic imine (C=N–C) groups is 1. The molecular weight excluding hydrogens is 397 g/mol. The predicted molar refractivity (Wildman–Crippen MR) is 101 cm³/mol. The predicted octanol–water partition coefficient (Wildman–Crippen LogP) is 2.84. The minimum absolute atomic E-state index is 0. The number of nitrogens with one attached hydrogen (secondary N) is 1. The summed E-state index contributed by atoms with van der Waals surface area (Å²) in [5, 5.41) is 5.53. The molecule has 0 aromatic carbocycles. The summed E-state index contributed by atoms with van der Waals surface area (Å²) >= 11 is 1.81. The van der Waals surface area contributed by atoms with E-state index in [0.717, 1.165) is 45.2 Å². The molecule has 1 aliphatic rings. The van der Waals surface area contributed by atoms with Crippen LogP contribution in [0.25, 0.3) is 0 Å². The minimum atomic E-state index is 0. The molecule has 1 aromatic heterocycles. The monoisotopic (exact) mass is 423 g/mol. The third-order valence-electron chi connectivity index (χ3n) is 3.52. The summed E-state index contributed by atoms with van der Waals surface area (Å²) in [5.41, 5.74) is 0. The van der Waals surface area contributed by atoms with Gasteiger partial charge in [-0.25, -0.2) is 0 Å². The van der Waals surface area contributed by atoms with Crippen molar-refractivity contribution in [1.82, 2.24) is 10.2 Å². The first-order chi connectivity index (χ1) is 9.83. The van der Waals surface area contributed by atoms with E-state index in [9.17, 15) is 0 Å². The summed E-state index contributed by atoms with van der Waals surface area (Å²) in [6, 6.07) is 4.28. The van der Waals surface area contributed by atoms with Crippen molar-refractivity contribution in [3.63, 3.8) is 0 Å². The fourth-order valence-electron chi connectivity index (χ4n) is 2.55. The number of hydrogen-bond donors (Lipinski definition) is 1. The number of likely N-dealkylation sites (tertiary alicyclic amines) is 1. The second-order valence-electron chi connectivity index (χ2n) is 5.12. The Morgan fingerprint density at radius 3 is 3.10 bits per heavy atom. The van der Waals surface area contributed by atoms with E-state index >= 15 is 0 Å². The quantitative estimate of drug-likeness (QED) is 0.435. The molecule has 1 atom stereocenters. The lowest BCUT2D eigenvalue weighted by atomic mass is 10.1. The molecule has 120 valence electrons. The summed E-state index contributed by atoms with van der Waals surface area (Å²) in [7, 11) is 1.78. The SMILES string of the molecule is CCNC(=NCCc1cccs1)N1CCC(COC)C1.I. The van der Waals surface area contributed by atoms with E-state index in [1.54, 1.807) is 7.11 Å². The maximum absolute atomic E-state index is 5.26. The Bertz CT molecular complexity index is 411. The van der Waals surface area contributed by atoms with Crippen LogP contribution in [-0.2, 0) is 11.2 Å². The number of rotatable bonds is 6. The minimum Gasteiger partial charge on any atom is -0.384 e. The van der Waals surface area contributed by atoms with Crippen molar-refractivity contribution in [3.05, 3.63) is 22.4 Å². The van der Waals surface area contributed by atoms with Crippen LogP contribution >= 0.6 is 35.3 Å². The molecule has 1 aliphatic heterocycles. The first-order valence-electron chi connectivity index (χ1n) is 7.38. The normalized spacial score (nSPS) is 18.7. The highest BCUT2D eigenvalue weighted by molar-refractivity contribution is 14.0. The zero-order chi connectivity index (χ0) is 14.2. The van der Waals surface area contributed by atoms with Gasteiger partial charge in [0.15, 0.2) is 5.96 Å². The van der Waals surface area contributed by atoms with Gasteiger partial charge in [0, 0.05) is 50.5 Å². The van der Waals surface area contributed by atoms with Crippen molar-refractivity contribution in [2.45, 2.75) is 19.8 Å². The van der Waals surface area contributed by atoms with Crippen LogP contribution in [0.3, 0.4) is 0 Å². The highest BCUT2D eigenvalue weighted by atomic mass is 127. The Morgan fingerprint density at radius 2 is 2.43 bits per heavy atom. The van der Waals surface area contributed by atoms with Crippen molar-refractivity contribution in [2.75, 3.05) is 39.9 Å². The molecule has 1 N–H and O–H groups in total. The van der Waals surface area contributed by atoms with Crippen LogP contribution in [-0.4, -0.2) is 50.8 Å².